The van der Waals surface area contributed by atoms with Crippen LogP contribution in [-0.4, -0.2) is 24.2 Å². The lowest BCUT2D eigenvalue weighted by Crippen LogP contribution is -2.45. The fourth-order valence-electron chi connectivity index (χ4n) is 2.16. The molecule has 6 nitrogen and oxygen atoms in total. The van der Waals surface area contributed by atoms with E-state index in [1.807, 2.05) is 20.8 Å². The first-order valence-electron chi connectivity index (χ1n) is 8.04. The van der Waals surface area contributed by atoms with Gasteiger partial charge in [-0.15, -0.1) is 0 Å². The molecule has 2 rings (SSSR count). The van der Waals surface area contributed by atoms with Crippen LogP contribution in [0.5, 0.6) is 0 Å². The predicted octanol–water partition coefficient (Wildman–Crippen LogP) is 2.96. The number of sulfone groups is 1. The first kappa shape index (κ1) is 20.1. The van der Waals surface area contributed by atoms with Gasteiger partial charge in [-0.2, -0.15) is 0 Å². The van der Waals surface area contributed by atoms with Crippen molar-refractivity contribution < 1.29 is 22.1 Å². The van der Waals surface area contributed by atoms with E-state index in [-0.39, 0.29) is 16.7 Å². The van der Waals surface area contributed by atoms with Crippen LogP contribution in [0.15, 0.2) is 28.8 Å². The van der Waals surface area contributed by atoms with E-state index >= 15 is 0 Å². The van der Waals surface area contributed by atoms with E-state index in [0.29, 0.717) is 11.3 Å². The van der Waals surface area contributed by atoms with Gasteiger partial charge in [-0.25, -0.2) is 12.8 Å². The number of hydrogen-bond acceptors (Lipinski definition) is 5. The van der Waals surface area contributed by atoms with Crippen molar-refractivity contribution in [3.63, 3.8) is 0 Å². The van der Waals surface area contributed by atoms with Gasteiger partial charge in [0.1, 0.15) is 10.6 Å². The zero-order valence-electron chi connectivity index (χ0n) is 15.5. The molecule has 0 aliphatic rings. The lowest BCUT2D eigenvalue weighted by molar-refractivity contribution is -0.119. The van der Waals surface area contributed by atoms with Crippen molar-refractivity contribution >= 4 is 15.7 Å². The zero-order valence-corrected chi connectivity index (χ0v) is 16.3. The molecule has 0 spiro atoms. The van der Waals surface area contributed by atoms with Gasteiger partial charge in [-0.3, -0.25) is 4.79 Å². The van der Waals surface area contributed by atoms with Gasteiger partial charge in [0.2, 0.25) is 5.91 Å². The molecule has 2 aromatic rings. The average molecular weight is 382 g/mol. The molecule has 0 fully saturated rings. The van der Waals surface area contributed by atoms with Gasteiger partial charge in [0.05, 0.1) is 17.0 Å². The number of benzene rings is 1. The first-order chi connectivity index (χ1) is 11.8. The molecule has 0 aliphatic heterocycles. The second-order valence-electron chi connectivity index (χ2n) is 7.77. The Morgan fingerprint density at radius 2 is 1.81 bits per heavy atom. The molecule has 0 aliphatic carbocycles. The second-order valence-corrected chi connectivity index (χ2v) is 10.3. The maximum absolute atomic E-state index is 14.2. The van der Waals surface area contributed by atoms with Gasteiger partial charge < -0.3 is 10.3 Å². The number of carbonyl (C=O) groups excluding carboxylic acids is 1. The van der Waals surface area contributed by atoms with Crippen LogP contribution in [0.1, 0.15) is 45.9 Å². The van der Waals surface area contributed by atoms with Crippen LogP contribution in [0.3, 0.4) is 0 Å². The molecule has 0 bridgehead atoms. The van der Waals surface area contributed by atoms with Crippen LogP contribution in [-0.2, 0) is 25.8 Å². The topological polar surface area (TPSA) is 103 Å². The van der Waals surface area contributed by atoms with E-state index in [1.165, 1.54) is 26.0 Å². The normalized spacial score (nSPS) is 13.0. The molecule has 0 saturated heterocycles. The molecule has 2 N–H and O–H groups in total. The molecule has 1 aromatic carbocycles. The summed E-state index contributed by atoms with van der Waals surface area (Å²) in [7, 11) is -3.89. The van der Waals surface area contributed by atoms with E-state index < -0.39 is 32.1 Å². The fraction of sp³-hybridized carbons (Fsp3) is 0.444. The number of aromatic nitrogens is 1. The van der Waals surface area contributed by atoms with Crippen molar-refractivity contribution in [2.24, 2.45) is 5.73 Å². The Kier molecular flexibility index (Phi) is 5.02. The van der Waals surface area contributed by atoms with Crippen molar-refractivity contribution in [1.82, 2.24) is 5.16 Å². The lowest BCUT2D eigenvalue weighted by Gasteiger charge is -2.21. The number of nitrogens with zero attached hydrogens (tertiary/aromatic N) is 1. The summed E-state index contributed by atoms with van der Waals surface area (Å²) in [5.74, 6) is -1.74. The Balaban J connectivity index is 2.42. The largest absolute Gasteiger partial charge is 0.368 e. The molecular weight excluding hydrogens is 359 g/mol. The quantitative estimate of drug-likeness (QED) is 0.856. The molecule has 0 unspecified atom stereocenters. The maximum atomic E-state index is 14.2. The van der Waals surface area contributed by atoms with Gasteiger partial charge in [0.25, 0.3) is 0 Å². The van der Waals surface area contributed by atoms with Crippen molar-refractivity contribution in [1.29, 1.82) is 0 Å². The maximum Gasteiger partial charge on any atom is 0.238 e. The minimum atomic E-state index is -3.89. The molecular formula is C18H23FN2O4S. The summed E-state index contributed by atoms with van der Waals surface area (Å²) in [6, 6.07) is 5.53. The molecule has 1 amide bonds. The summed E-state index contributed by atoms with van der Waals surface area (Å²) in [5, 5.41) is 3.95. The Bertz CT molecular complexity index is 940. The van der Waals surface area contributed by atoms with E-state index in [4.69, 9.17) is 10.3 Å². The summed E-state index contributed by atoms with van der Waals surface area (Å²) in [6.07, 6.45) is 0. The SMILES string of the molecule is CC(C)(C)c1cc(-c2cc(CS(=O)(=O)C(C)(C)C(N)=O)ccc2F)on1. The third-order valence-electron chi connectivity index (χ3n) is 4.30. The monoisotopic (exact) mass is 382 g/mol. The highest BCUT2D eigenvalue weighted by Gasteiger charge is 2.40. The van der Waals surface area contributed by atoms with E-state index in [9.17, 15) is 17.6 Å². The number of amides is 1. The van der Waals surface area contributed by atoms with Crippen LogP contribution in [0.2, 0.25) is 0 Å². The smallest absolute Gasteiger partial charge is 0.238 e. The van der Waals surface area contributed by atoms with Crippen molar-refractivity contribution in [2.75, 3.05) is 0 Å². The Morgan fingerprint density at radius 1 is 1.19 bits per heavy atom. The third-order valence-corrected chi connectivity index (χ3v) is 6.77. The second kappa shape index (κ2) is 6.50. The van der Waals surface area contributed by atoms with Crippen molar-refractivity contribution in [3.8, 4) is 11.3 Å². The van der Waals surface area contributed by atoms with Crippen LogP contribution >= 0.6 is 0 Å². The van der Waals surface area contributed by atoms with Gasteiger partial charge in [-0.1, -0.05) is 32.0 Å². The number of rotatable bonds is 5. The zero-order chi connectivity index (χ0) is 19.9. The summed E-state index contributed by atoms with van der Waals surface area (Å²) < 4.78 is 42.8. The highest BCUT2D eigenvalue weighted by Crippen LogP contribution is 2.30. The minimum Gasteiger partial charge on any atom is -0.368 e. The molecule has 1 aromatic heterocycles. The lowest BCUT2D eigenvalue weighted by atomic mass is 9.92. The Labute approximate surface area is 152 Å². The van der Waals surface area contributed by atoms with Crippen LogP contribution in [0, 0.1) is 5.82 Å². The van der Waals surface area contributed by atoms with Crippen LogP contribution in [0.25, 0.3) is 11.3 Å². The number of primary amides is 1. The summed E-state index contributed by atoms with van der Waals surface area (Å²) in [5.41, 5.74) is 6.01. The number of nitrogens with two attached hydrogens (primary N) is 1. The van der Waals surface area contributed by atoms with Gasteiger partial charge >= 0.3 is 0 Å². The van der Waals surface area contributed by atoms with E-state index in [1.54, 1.807) is 6.07 Å². The number of halogens is 1. The first-order valence-corrected chi connectivity index (χ1v) is 9.69. The van der Waals surface area contributed by atoms with Gasteiger partial charge in [-0.05, 0) is 31.5 Å². The van der Waals surface area contributed by atoms with E-state index in [2.05, 4.69) is 5.16 Å². The third kappa shape index (κ3) is 3.80. The van der Waals surface area contributed by atoms with Crippen molar-refractivity contribution in [2.45, 2.75) is 50.5 Å². The Hall–Kier alpha value is -2.22. The van der Waals surface area contributed by atoms with E-state index in [0.717, 1.165) is 6.07 Å². The summed E-state index contributed by atoms with van der Waals surface area (Å²) >= 11 is 0. The van der Waals surface area contributed by atoms with Crippen molar-refractivity contribution in [3.05, 3.63) is 41.3 Å². The summed E-state index contributed by atoms with van der Waals surface area (Å²) in [6.45, 7) is 8.34. The molecule has 0 atom stereocenters. The summed E-state index contributed by atoms with van der Waals surface area (Å²) in [4.78, 5) is 11.5. The fourth-order valence-corrected chi connectivity index (χ4v) is 3.45. The van der Waals surface area contributed by atoms with Crippen LogP contribution in [0.4, 0.5) is 4.39 Å². The minimum absolute atomic E-state index is 0.109. The highest BCUT2D eigenvalue weighted by molar-refractivity contribution is 7.92. The Morgan fingerprint density at radius 3 is 2.31 bits per heavy atom. The standard InChI is InChI=1S/C18H23FN2O4S/c1-17(2,3)15-9-14(25-21-15)12-8-11(6-7-13(12)19)10-26(23,24)18(4,5)16(20)22/h6-9H,10H2,1-5H3,(H2,20,22). The molecule has 0 saturated carbocycles. The van der Waals surface area contributed by atoms with Gasteiger partial charge in [0, 0.05) is 11.5 Å². The van der Waals surface area contributed by atoms with Crippen LogP contribution < -0.4 is 5.73 Å². The number of hydrogen-bond donors (Lipinski definition) is 1. The number of carbonyl (C=O) groups is 1. The highest BCUT2D eigenvalue weighted by atomic mass is 32.2. The molecule has 26 heavy (non-hydrogen) atoms. The molecule has 1 heterocycles. The average Bonchev–Trinajstić information content (AvgIpc) is 2.98. The molecule has 0 radical (unpaired) electrons. The molecule has 8 heteroatoms. The van der Waals surface area contributed by atoms with Gasteiger partial charge in [0.15, 0.2) is 15.6 Å². The predicted molar refractivity (Wildman–Crippen MR) is 96.5 cm³/mol. The molecule has 142 valence electrons.